The van der Waals surface area contributed by atoms with Crippen LogP contribution in [0.4, 0.5) is 0 Å². The van der Waals surface area contributed by atoms with Crippen LogP contribution >= 0.6 is 23.4 Å². The minimum Gasteiger partial charge on any atom is -0.493 e. The van der Waals surface area contributed by atoms with Crippen molar-refractivity contribution in [3.63, 3.8) is 0 Å². The quantitative estimate of drug-likeness (QED) is 0.168. The topological polar surface area (TPSA) is 55.4 Å². The van der Waals surface area contributed by atoms with Gasteiger partial charge in [-0.25, -0.2) is 0 Å². The van der Waals surface area contributed by atoms with E-state index in [4.69, 9.17) is 40.0 Å². The molecule has 39 heavy (non-hydrogen) atoms. The maximum Gasteiger partial charge on any atom is 0.203 e. The van der Waals surface area contributed by atoms with Crippen LogP contribution in [0.3, 0.4) is 0 Å². The molecule has 0 aromatic heterocycles. The van der Waals surface area contributed by atoms with Crippen molar-refractivity contribution in [3.8, 4) is 28.7 Å². The highest BCUT2D eigenvalue weighted by Crippen LogP contribution is 2.47. The average Bonchev–Trinajstić information content (AvgIpc) is 3.47. The van der Waals surface area contributed by atoms with Crippen molar-refractivity contribution < 1.29 is 28.4 Å². The molecule has 3 aromatic carbocycles. The summed E-state index contributed by atoms with van der Waals surface area (Å²) in [5.74, 6) is 4.11. The van der Waals surface area contributed by atoms with Gasteiger partial charge < -0.3 is 28.4 Å². The Kier molecular flexibility index (Phi) is 12.0. The van der Waals surface area contributed by atoms with Gasteiger partial charge in [0.15, 0.2) is 23.0 Å². The molecule has 0 N–H and O–H groups in total. The number of rotatable bonds is 11. The van der Waals surface area contributed by atoms with E-state index in [1.165, 1.54) is 0 Å². The third-order valence-electron chi connectivity index (χ3n) is 6.35. The molecule has 2 unspecified atom stereocenters. The predicted octanol–water partition coefficient (Wildman–Crippen LogP) is 8.47. The van der Waals surface area contributed by atoms with Gasteiger partial charge in [-0.3, -0.25) is 0 Å². The zero-order valence-corrected chi connectivity index (χ0v) is 25.4. The standard InChI is InChI=1S/C29H33ClO6S.C2H6/c1-18-14-19(15-25(31-2)28(18)35-12-13-37-22-8-6-21(30)7-9-22)23-10-11-24(36-23)20-16-26(32-3)29(34-5)27(17-20)33-4;1-2/h6-9,14-17,23-24H,10-13H2,1-5H3;1-2H3. The molecule has 1 saturated heterocycles. The molecule has 8 heteroatoms. The fraction of sp³-hybridized carbons (Fsp3) is 0.419. The van der Waals surface area contributed by atoms with Crippen LogP contribution in [-0.4, -0.2) is 40.8 Å². The van der Waals surface area contributed by atoms with Crippen molar-refractivity contribution in [2.24, 2.45) is 0 Å². The molecule has 0 radical (unpaired) electrons. The summed E-state index contributed by atoms with van der Waals surface area (Å²) in [6.07, 6.45) is 1.64. The second-order valence-corrected chi connectivity index (χ2v) is 10.3. The average molecular weight is 575 g/mol. The second-order valence-electron chi connectivity index (χ2n) is 8.67. The summed E-state index contributed by atoms with van der Waals surface area (Å²) < 4.78 is 34.8. The van der Waals surface area contributed by atoms with Crippen molar-refractivity contribution in [2.45, 2.75) is 50.7 Å². The lowest BCUT2D eigenvalue weighted by molar-refractivity contribution is 0.0436. The third kappa shape index (κ3) is 7.68. The van der Waals surface area contributed by atoms with Crippen LogP contribution in [0.15, 0.2) is 53.4 Å². The number of benzene rings is 3. The molecule has 1 heterocycles. The predicted molar refractivity (Wildman–Crippen MR) is 159 cm³/mol. The molecule has 212 valence electrons. The first-order valence-electron chi connectivity index (χ1n) is 13.1. The molecule has 6 nitrogen and oxygen atoms in total. The van der Waals surface area contributed by atoms with E-state index < -0.39 is 0 Å². The summed E-state index contributed by atoms with van der Waals surface area (Å²) in [6.45, 7) is 6.60. The SMILES string of the molecule is CC.COc1cc(C2CCC(c3cc(OC)c(OC)c(OC)c3)O2)cc(C)c1OCCSc1ccc(Cl)cc1. The maximum absolute atomic E-state index is 6.50. The number of halogens is 1. The van der Waals surface area contributed by atoms with E-state index in [1.807, 2.05) is 63.2 Å². The van der Waals surface area contributed by atoms with Crippen molar-refractivity contribution in [1.82, 2.24) is 0 Å². The zero-order chi connectivity index (χ0) is 28.4. The first-order valence-corrected chi connectivity index (χ1v) is 14.5. The van der Waals surface area contributed by atoms with E-state index in [-0.39, 0.29) is 12.2 Å². The van der Waals surface area contributed by atoms with Gasteiger partial charge in [0.25, 0.3) is 0 Å². The van der Waals surface area contributed by atoms with Crippen molar-refractivity contribution in [3.05, 3.63) is 70.2 Å². The van der Waals surface area contributed by atoms with Gasteiger partial charge in [0.05, 0.1) is 47.3 Å². The van der Waals surface area contributed by atoms with Crippen LogP contribution in [0.2, 0.25) is 5.02 Å². The number of hydrogen-bond donors (Lipinski definition) is 0. The smallest absolute Gasteiger partial charge is 0.203 e. The number of ether oxygens (including phenoxy) is 6. The van der Waals surface area contributed by atoms with E-state index >= 15 is 0 Å². The number of aryl methyl sites for hydroxylation is 1. The Hall–Kier alpha value is -2.74. The Morgan fingerprint density at radius 3 is 1.79 bits per heavy atom. The summed E-state index contributed by atoms with van der Waals surface area (Å²) in [5, 5.41) is 0.738. The molecule has 4 rings (SSSR count). The lowest BCUT2D eigenvalue weighted by Gasteiger charge is -2.20. The largest absolute Gasteiger partial charge is 0.493 e. The highest BCUT2D eigenvalue weighted by atomic mass is 35.5. The van der Waals surface area contributed by atoms with Crippen LogP contribution in [-0.2, 0) is 4.74 Å². The third-order valence-corrected chi connectivity index (χ3v) is 7.57. The van der Waals surface area contributed by atoms with Gasteiger partial charge in [0, 0.05) is 15.7 Å². The Balaban J connectivity index is 0.00000205. The Bertz CT molecular complexity index is 1180. The van der Waals surface area contributed by atoms with Gasteiger partial charge in [0.2, 0.25) is 5.75 Å². The van der Waals surface area contributed by atoms with Crippen LogP contribution in [0, 0.1) is 6.92 Å². The summed E-state index contributed by atoms with van der Waals surface area (Å²) in [6, 6.07) is 15.9. The molecular formula is C31H39ClO6S. The molecule has 1 fully saturated rings. The normalized spacial score (nSPS) is 16.2. The maximum atomic E-state index is 6.50. The summed E-state index contributed by atoms with van der Waals surface area (Å²) in [5.41, 5.74) is 3.09. The Labute approximate surface area is 241 Å². The minimum absolute atomic E-state index is 0.0498. The fourth-order valence-corrected chi connectivity index (χ4v) is 5.40. The molecule has 0 bridgehead atoms. The van der Waals surface area contributed by atoms with E-state index in [0.29, 0.717) is 29.6 Å². The fourth-order valence-electron chi connectivity index (χ4n) is 4.54. The van der Waals surface area contributed by atoms with Gasteiger partial charge >= 0.3 is 0 Å². The summed E-state index contributed by atoms with van der Waals surface area (Å²) in [4.78, 5) is 1.16. The number of hydrogen-bond acceptors (Lipinski definition) is 7. The van der Waals surface area contributed by atoms with Crippen molar-refractivity contribution >= 4 is 23.4 Å². The highest BCUT2D eigenvalue weighted by Gasteiger charge is 2.30. The number of methoxy groups -OCH3 is 4. The van der Waals surface area contributed by atoms with E-state index in [0.717, 1.165) is 51.0 Å². The molecule has 0 saturated carbocycles. The number of thioether (sulfide) groups is 1. The summed E-state index contributed by atoms with van der Waals surface area (Å²) >= 11 is 7.69. The van der Waals surface area contributed by atoms with E-state index in [9.17, 15) is 0 Å². The van der Waals surface area contributed by atoms with Gasteiger partial charge in [-0.15, -0.1) is 11.8 Å². The Morgan fingerprint density at radius 2 is 1.28 bits per heavy atom. The van der Waals surface area contributed by atoms with Gasteiger partial charge in [-0.2, -0.15) is 0 Å². The molecule has 0 amide bonds. The minimum atomic E-state index is -0.0779. The van der Waals surface area contributed by atoms with Crippen molar-refractivity contribution in [2.75, 3.05) is 40.8 Å². The second kappa shape index (κ2) is 15.2. The van der Waals surface area contributed by atoms with Crippen molar-refractivity contribution in [1.29, 1.82) is 0 Å². The van der Waals surface area contributed by atoms with Crippen LogP contribution in [0.5, 0.6) is 28.7 Å². The zero-order valence-electron chi connectivity index (χ0n) is 23.8. The lowest BCUT2D eigenvalue weighted by Crippen LogP contribution is -2.06. The Morgan fingerprint density at radius 1 is 0.769 bits per heavy atom. The molecule has 2 atom stereocenters. The van der Waals surface area contributed by atoms with Gasteiger partial charge in [-0.05, 0) is 85.0 Å². The monoisotopic (exact) mass is 574 g/mol. The molecule has 3 aromatic rings. The van der Waals surface area contributed by atoms with E-state index in [2.05, 4.69) is 6.07 Å². The molecule has 1 aliphatic rings. The highest BCUT2D eigenvalue weighted by molar-refractivity contribution is 7.99. The molecular weight excluding hydrogens is 536 g/mol. The first-order chi connectivity index (χ1) is 19.0. The van der Waals surface area contributed by atoms with Crippen LogP contribution < -0.4 is 23.7 Å². The molecule has 1 aliphatic heterocycles. The van der Waals surface area contributed by atoms with Crippen LogP contribution in [0.25, 0.3) is 0 Å². The van der Waals surface area contributed by atoms with Crippen LogP contribution in [0.1, 0.15) is 55.6 Å². The first kappa shape index (κ1) is 30.8. The molecule has 0 aliphatic carbocycles. The van der Waals surface area contributed by atoms with E-state index in [1.54, 1.807) is 40.2 Å². The van der Waals surface area contributed by atoms with Gasteiger partial charge in [0.1, 0.15) is 0 Å². The van der Waals surface area contributed by atoms with Gasteiger partial charge in [-0.1, -0.05) is 25.4 Å². The molecule has 0 spiro atoms. The summed E-state index contributed by atoms with van der Waals surface area (Å²) in [7, 11) is 6.51. The lowest BCUT2D eigenvalue weighted by atomic mass is 10.0.